The van der Waals surface area contributed by atoms with Gasteiger partial charge in [-0.15, -0.1) is 0 Å². The average molecular weight is 235 g/mol. The fraction of sp³-hybridized carbons (Fsp3) is 0.500. The fourth-order valence-electron chi connectivity index (χ4n) is 1.79. The van der Waals surface area contributed by atoms with Gasteiger partial charge < -0.3 is 9.64 Å². The zero-order valence-electron chi connectivity index (χ0n) is 11.1. The van der Waals surface area contributed by atoms with Gasteiger partial charge >= 0.3 is 6.09 Å². The van der Waals surface area contributed by atoms with E-state index in [2.05, 4.69) is 13.0 Å². The lowest BCUT2D eigenvalue weighted by atomic mass is 10.1. The van der Waals surface area contributed by atoms with Crippen LogP contribution in [0.3, 0.4) is 0 Å². The number of aryl methyl sites for hydroxylation is 1. The Morgan fingerprint density at radius 3 is 2.53 bits per heavy atom. The smallest absolute Gasteiger partial charge is 0.410 e. The van der Waals surface area contributed by atoms with Crippen molar-refractivity contribution in [1.82, 2.24) is 4.90 Å². The van der Waals surface area contributed by atoms with E-state index in [1.165, 1.54) is 11.1 Å². The summed E-state index contributed by atoms with van der Waals surface area (Å²) in [4.78, 5) is 13.1. The molecule has 1 unspecified atom stereocenters. The fourth-order valence-corrected chi connectivity index (χ4v) is 1.79. The highest BCUT2D eigenvalue weighted by Gasteiger charge is 2.27. The monoisotopic (exact) mass is 235 g/mol. The van der Waals surface area contributed by atoms with Gasteiger partial charge in [0, 0.05) is 6.54 Å². The van der Waals surface area contributed by atoms with Gasteiger partial charge in [-0.05, 0) is 25.0 Å². The molecule has 1 aliphatic heterocycles. The minimum atomic E-state index is -0.203. The lowest BCUT2D eigenvalue weighted by Crippen LogP contribution is -2.24. The Balaban J connectivity index is 0.000000686. The van der Waals surface area contributed by atoms with Crippen molar-refractivity contribution in [2.24, 2.45) is 0 Å². The SMILES string of the molecule is CC.Cc1ccccc1CN1CC(C)OC1=O. The van der Waals surface area contributed by atoms with Crippen molar-refractivity contribution in [3.8, 4) is 0 Å². The summed E-state index contributed by atoms with van der Waals surface area (Å²) in [5.41, 5.74) is 2.40. The van der Waals surface area contributed by atoms with Crippen molar-refractivity contribution < 1.29 is 9.53 Å². The molecule has 0 aliphatic carbocycles. The van der Waals surface area contributed by atoms with E-state index in [0.29, 0.717) is 13.1 Å². The summed E-state index contributed by atoms with van der Waals surface area (Å²) in [6.07, 6.45) is -0.188. The summed E-state index contributed by atoms with van der Waals surface area (Å²) in [6, 6.07) is 8.10. The summed E-state index contributed by atoms with van der Waals surface area (Å²) in [7, 11) is 0. The Morgan fingerprint density at radius 2 is 2.00 bits per heavy atom. The third-order valence-corrected chi connectivity index (χ3v) is 2.66. The maximum absolute atomic E-state index is 11.4. The van der Waals surface area contributed by atoms with E-state index in [0.717, 1.165) is 0 Å². The van der Waals surface area contributed by atoms with Gasteiger partial charge in [0.2, 0.25) is 0 Å². The van der Waals surface area contributed by atoms with Crippen LogP contribution in [0.2, 0.25) is 0 Å². The quantitative estimate of drug-likeness (QED) is 0.786. The molecule has 1 aromatic rings. The van der Waals surface area contributed by atoms with Crippen LogP contribution in [-0.2, 0) is 11.3 Å². The first-order valence-corrected chi connectivity index (χ1v) is 6.17. The van der Waals surface area contributed by atoms with Crippen LogP contribution in [0.15, 0.2) is 24.3 Å². The van der Waals surface area contributed by atoms with E-state index >= 15 is 0 Å². The second-order valence-corrected chi connectivity index (χ2v) is 4.00. The molecule has 0 saturated carbocycles. The number of carbonyl (C=O) groups excluding carboxylic acids is 1. The second-order valence-electron chi connectivity index (χ2n) is 4.00. The van der Waals surface area contributed by atoms with E-state index in [-0.39, 0.29) is 12.2 Å². The van der Waals surface area contributed by atoms with E-state index in [9.17, 15) is 4.79 Å². The molecule has 0 N–H and O–H groups in total. The molecule has 3 nitrogen and oxygen atoms in total. The number of amides is 1. The van der Waals surface area contributed by atoms with Gasteiger partial charge in [0.1, 0.15) is 6.10 Å². The Labute approximate surface area is 103 Å². The van der Waals surface area contributed by atoms with Crippen LogP contribution < -0.4 is 0 Å². The number of rotatable bonds is 2. The van der Waals surface area contributed by atoms with Gasteiger partial charge in [-0.2, -0.15) is 0 Å². The van der Waals surface area contributed by atoms with Gasteiger partial charge in [0.15, 0.2) is 0 Å². The number of nitrogens with zero attached hydrogens (tertiary/aromatic N) is 1. The lowest BCUT2D eigenvalue weighted by molar-refractivity contribution is 0.137. The Hall–Kier alpha value is -1.51. The van der Waals surface area contributed by atoms with Crippen molar-refractivity contribution >= 4 is 6.09 Å². The van der Waals surface area contributed by atoms with E-state index < -0.39 is 0 Å². The molecule has 0 bridgehead atoms. The summed E-state index contributed by atoms with van der Waals surface area (Å²) in [6.45, 7) is 9.30. The first-order valence-electron chi connectivity index (χ1n) is 6.17. The zero-order chi connectivity index (χ0) is 12.8. The van der Waals surface area contributed by atoms with Gasteiger partial charge in [0.05, 0.1) is 6.54 Å². The molecule has 1 aromatic carbocycles. The van der Waals surface area contributed by atoms with Crippen molar-refractivity contribution in [3.63, 3.8) is 0 Å². The van der Waals surface area contributed by atoms with Crippen LogP contribution in [0.1, 0.15) is 31.9 Å². The number of cyclic esters (lactones) is 1. The number of hydrogen-bond donors (Lipinski definition) is 0. The highest BCUT2D eigenvalue weighted by Crippen LogP contribution is 2.16. The Kier molecular flexibility index (Phi) is 5.01. The molecule has 1 amide bonds. The number of ether oxygens (including phenoxy) is 1. The molecule has 17 heavy (non-hydrogen) atoms. The first-order chi connectivity index (χ1) is 8.16. The van der Waals surface area contributed by atoms with Crippen LogP contribution in [0.25, 0.3) is 0 Å². The largest absolute Gasteiger partial charge is 0.444 e. The van der Waals surface area contributed by atoms with E-state index in [1.54, 1.807) is 4.90 Å². The van der Waals surface area contributed by atoms with Crippen molar-refractivity contribution in [1.29, 1.82) is 0 Å². The number of carbonyl (C=O) groups is 1. The van der Waals surface area contributed by atoms with Crippen LogP contribution in [0.5, 0.6) is 0 Å². The van der Waals surface area contributed by atoms with Crippen molar-refractivity contribution in [3.05, 3.63) is 35.4 Å². The topological polar surface area (TPSA) is 29.5 Å². The molecule has 0 radical (unpaired) electrons. The van der Waals surface area contributed by atoms with Gasteiger partial charge in [-0.1, -0.05) is 38.1 Å². The third-order valence-electron chi connectivity index (χ3n) is 2.66. The lowest BCUT2D eigenvalue weighted by Gasteiger charge is -2.14. The summed E-state index contributed by atoms with van der Waals surface area (Å²) in [5, 5.41) is 0. The van der Waals surface area contributed by atoms with Crippen molar-refractivity contribution in [2.75, 3.05) is 6.54 Å². The van der Waals surface area contributed by atoms with Crippen LogP contribution in [0, 0.1) is 6.92 Å². The van der Waals surface area contributed by atoms with E-state index in [1.807, 2.05) is 39.0 Å². The molecule has 0 spiro atoms. The average Bonchev–Trinajstić information content (AvgIpc) is 2.63. The molecule has 1 fully saturated rings. The van der Waals surface area contributed by atoms with Gasteiger partial charge in [-0.25, -0.2) is 4.79 Å². The molecular formula is C14H21NO2. The number of hydrogen-bond acceptors (Lipinski definition) is 2. The van der Waals surface area contributed by atoms with Gasteiger partial charge in [0.25, 0.3) is 0 Å². The second kappa shape index (κ2) is 6.28. The zero-order valence-corrected chi connectivity index (χ0v) is 11.1. The Morgan fingerprint density at radius 1 is 1.35 bits per heavy atom. The standard InChI is InChI=1S/C12H15NO2.C2H6/c1-9-5-3-4-6-11(9)8-13-7-10(2)15-12(13)14;1-2/h3-6,10H,7-8H2,1-2H3;1-2H3. The molecule has 1 saturated heterocycles. The first kappa shape index (κ1) is 13.6. The molecule has 1 atom stereocenters. The predicted octanol–water partition coefficient (Wildman–Crippen LogP) is 3.36. The third kappa shape index (κ3) is 3.48. The summed E-state index contributed by atoms with van der Waals surface area (Å²) >= 11 is 0. The van der Waals surface area contributed by atoms with Gasteiger partial charge in [-0.3, -0.25) is 0 Å². The normalized spacial score (nSPS) is 18.5. The molecule has 3 heteroatoms. The van der Waals surface area contributed by atoms with Crippen LogP contribution >= 0.6 is 0 Å². The highest BCUT2D eigenvalue weighted by molar-refractivity contribution is 5.69. The molecule has 0 aromatic heterocycles. The predicted molar refractivity (Wildman–Crippen MR) is 68.9 cm³/mol. The van der Waals surface area contributed by atoms with E-state index in [4.69, 9.17) is 4.74 Å². The molecule has 1 heterocycles. The maximum Gasteiger partial charge on any atom is 0.410 e. The number of benzene rings is 1. The maximum atomic E-state index is 11.4. The summed E-state index contributed by atoms with van der Waals surface area (Å²) in [5.74, 6) is 0. The minimum absolute atomic E-state index is 0.0153. The summed E-state index contributed by atoms with van der Waals surface area (Å²) < 4.78 is 5.07. The molecule has 1 aliphatic rings. The molecular weight excluding hydrogens is 214 g/mol. The minimum Gasteiger partial charge on any atom is -0.444 e. The Bertz CT molecular complexity index is 376. The highest BCUT2D eigenvalue weighted by atomic mass is 16.6. The molecule has 2 rings (SSSR count). The van der Waals surface area contributed by atoms with Crippen LogP contribution in [-0.4, -0.2) is 23.6 Å². The molecule has 94 valence electrons. The van der Waals surface area contributed by atoms with Crippen molar-refractivity contribution in [2.45, 2.75) is 40.3 Å². The van der Waals surface area contributed by atoms with Crippen LogP contribution in [0.4, 0.5) is 4.79 Å².